The van der Waals surface area contributed by atoms with Crippen molar-refractivity contribution in [3.63, 3.8) is 0 Å². The van der Waals surface area contributed by atoms with E-state index < -0.39 is 0 Å². The van der Waals surface area contributed by atoms with Crippen molar-refractivity contribution in [2.75, 3.05) is 0 Å². The van der Waals surface area contributed by atoms with Gasteiger partial charge in [0.1, 0.15) is 0 Å². The van der Waals surface area contributed by atoms with Crippen LogP contribution in [0.1, 0.15) is 52.7 Å². The Kier molecular flexibility index (Phi) is 7.70. The predicted octanol–water partition coefficient (Wildman–Crippen LogP) is 16.8. The lowest BCUT2D eigenvalue weighted by molar-refractivity contribution is 0.0965. The summed E-state index contributed by atoms with van der Waals surface area (Å²) in [5.74, 6) is 0. The first-order chi connectivity index (χ1) is 28.6. The average molecular weight is 757 g/mol. The molecule has 0 fully saturated rings. The van der Waals surface area contributed by atoms with E-state index in [2.05, 4.69) is 224 Å². The molecule has 10 aromatic rings. The molecule has 10 aromatic carbocycles. The molecule has 0 radical (unpaired) electrons. The SMILES string of the molecule is CC(C)(C)C1(C(C)(C)C)c2cc3cc(-c4cccc(-c5c6ccccc6c(-c6ccccc6)c6ccccc56)c4)ccc3cc2-c2c1c1ccccc1c1ccccc21. The van der Waals surface area contributed by atoms with Crippen LogP contribution in [-0.4, -0.2) is 0 Å². The standard InChI is InChI=1S/C59H48/c1-57(2,3)59(58(4,5)6)52-36-42-34-39(31-32-40(42)35-51(52)55-45-25-12-10-23-43(45)44-24-11-17-30-50(44)56(55)59)38-21-18-22-41(33-38)54-48-28-15-13-26-46(48)53(37-19-8-7-9-20-37)47-27-14-16-29-49(47)54/h7-36H,1-6H3. The lowest BCUT2D eigenvalue weighted by atomic mass is 9.49. The minimum atomic E-state index is -0.258. The van der Waals surface area contributed by atoms with Gasteiger partial charge in [-0.05, 0) is 145 Å². The second kappa shape index (κ2) is 12.7. The molecule has 0 saturated carbocycles. The highest BCUT2D eigenvalue weighted by atomic mass is 14.6. The fraction of sp³-hybridized carbons (Fsp3) is 0.153. The normalized spacial score (nSPS) is 13.7. The van der Waals surface area contributed by atoms with E-state index in [0.29, 0.717) is 0 Å². The van der Waals surface area contributed by atoms with Gasteiger partial charge in [-0.1, -0.05) is 199 Å². The zero-order valence-corrected chi connectivity index (χ0v) is 34.8. The van der Waals surface area contributed by atoms with Crippen LogP contribution in [0.5, 0.6) is 0 Å². The van der Waals surface area contributed by atoms with E-state index >= 15 is 0 Å². The third-order valence-corrected chi connectivity index (χ3v) is 13.7. The smallest absolute Gasteiger partial charge is 0.0318 e. The van der Waals surface area contributed by atoms with Gasteiger partial charge >= 0.3 is 0 Å². The Morgan fingerprint density at radius 2 is 0.746 bits per heavy atom. The van der Waals surface area contributed by atoms with Crippen LogP contribution < -0.4 is 0 Å². The molecular formula is C59H48. The maximum Gasteiger partial charge on any atom is 0.0318 e. The van der Waals surface area contributed by atoms with Crippen molar-refractivity contribution in [2.45, 2.75) is 47.0 Å². The monoisotopic (exact) mass is 756 g/mol. The van der Waals surface area contributed by atoms with E-state index in [1.165, 1.54) is 109 Å². The number of hydrogen-bond donors (Lipinski definition) is 0. The van der Waals surface area contributed by atoms with E-state index in [9.17, 15) is 0 Å². The topological polar surface area (TPSA) is 0 Å². The number of benzene rings is 10. The van der Waals surface area contributed by atoms with Gasteiger partial charge in [0, 0.05) is 5.41 Å². The molecule has 0 atom stereocenters. The van der Waals surface area contributed by atoms with Gasteiger partial charge in [0.15, 0.2) is 0 Å². The quantitative estimate of drug-likeness (QED) is 0.124. The Labute approximate surface area is 347 Å². The van der Waals surface area contributed by atoms with Crippen LogP contribution in [0.3, 0.4) is 0 Å². The molecule has 0 aliphatic heterocycles. The predicted molar refractivity (Wildman–Crippen MR) is 255 cm³/mol. The summed E-state index contributed by atoms with van der Waals surface area (Å²) in [5, 5.41) is 13.1. The summed E-state index contributed by atoms with van der Waals surface area (Å²) >= 11 is 0. The molecule has 284 valence electrons. The van der Waals surface area contributed by atoms with E-state index in [1.54, 1.807) is 0 Å². The minimum Gasteiger partial charge on any atom is -0.0622 e. The Morgan fingerprint density at radius 1 is 0.305 bits per heavy atom. The van der Waals surface area contributed by atoms with Gasteiger partial charge in [0.2, 0.25) is 0 Å². The first-order valence-electron chi connectivity index (χ1n) is 21.2. The summed E-state index contributed by atoms with van der Waals surface area (Å²) in [6, 6.07) is 68.4. The minimum absolute atomic E-state index is 0.0856. The molecule has 0 amide bonds. The zero-order chi connectivity index (χ0) is 40.3. The molecule has 59 heavy (non-hydrogen) atoms. The second-order valence-electron chi connectivity index (χ2n) is 18.8. The van der Waals surface area contributed by atoms with Crippen LogP contribution in [0.25, 0.3) is 98.4 Å². The van der Waals surface area contributed by atoms with E-state index in [-0.39, 0.29) is 16.2 Å². The van der Waals surface area contributed by atoms with Crippen molar-refractivity contribution in [3.05, 3.63) is 193 Å². The molecule has 0 unspecified atom stereocenters. The zero-order valence-electron chi connectivity index (χ0n) is 34.8. The summed E-state index contributed by atoms with van der Waals surface area (Å²) in [4.78, 5) is 0. The highest BCUT2D eigenvalue weighted by molar-refractivity contribution is 6.22. The van der Waals surface area contributed by atoms with Crippen molar-refractivity contribution in [2.24, 2.45) is 10.8 Å². The molecule has 1 aliphatic carbocycles. The summed E-state index contributed by atoms with van der Waals surface area (Å²) < 4.78 is 0. The number of hydrogen-bond acceptors (Lipinski definition) is 0. The molecule has 0 spiro atoms. The molecule has 0 aromatic heterocycles. The summed E-state index contributed by atoms with van der Waals surface area (Å²) in [6.07, 6.45) is 0. The van der Waals surface area contributed by atoms with Crippen LogP contribution in [-0.2, 0) is 5.41 Å². The molecule has 0 heterocycles. The molecular weight excluding hydrogens is 709 g/mol. The Hall–Kier alpha value is -6.50. The van der Waals surface area contributed by atoms with Crippen LogP contribution in [0.15, 0.2) is 182 Å². The maximum absolute atomic E-state index is 2.57. The van der Waals surface area contributed by atoms with Gasteiger partial charge in [0.05, 0.1) is 0 Å². The molecule has 1 aliphatic rings. The molecule has 0 nitrogen and oxygen atoms in total. The number of fused-ring (bicyclic) bond motifs is 11. The third-order valence-electron chi connectivity index (χ3n) is 13.7. The fourth-order valence-corrected chi connectivity index (χ4v) is 11.8. The van der Waals surface area contributed by atoms with Crippen LogP contribution in [0.4, 0.5) is 0 Å². The molecule has 0 bridgehead atoms. The lowest BCUT2D eigenvalue weighted by Gasteiger charge is -2.53. The van der Waals surface area contributed by atoms with Crippen molar-refractivity contribution in [1.82, 2.24) is 0 Å². The molecule has 0 heteroatoms. The summed E-state index contributed by atoms with van der Waals surface area (Å²) in [6.45, 7) is 14.8. The third kappa shape index (κ3) is 5.02. The maximum atomic E-state index is 2.57. The largest absolute Gasteiger partial charge is 0.0622 e. The van der Waals surface area contributed by atoms with Crippen LogP contribution in [0.2, 0.25) is 0 Å². The molecule has 0 N–H and O–H groups in total. The van der Waals surface area contributed by atoms with Gasteiger partial charge in [-0.3, -0.25) is 0 Å². The first kappa shape index (κ1) is 35.6. The highest BCUT2D eigenvalue weighted by Crippen LogP contribution is 2.67. The van der Waals surface area contributed by atoms with Crippen LogP contribution in [0, 0.1) is 10.8 Å². The van der Waals surface area contributed by atoms with Gasteiger partial charge in [-0.2, -0.15) is 0 Å². The van der Waals surface area contributed by atoms with Crippen molar-refractivity contribution in [3.8, 4) is 44.5 Å². The molecule has 0 saturated heterocycles. The summed E-state index contributed by atoms with van der Waals surface area (Å²) in [5.41, 5.74) is 12.8. The Bertz CT molecular complexity index is 3260. The van der Waals surface area contributed by atoms with E-state index in [0.717, 1.165) is 0 Å². The average Bonchev–Trinajstić information content (AvgIpc) is 3.57. The second-order valence-corrected chi connectivity index (χ2v) is 18.8. The first-order valence-corrected chi connectivity index (χ1v) is 21.2. The van der Waals surface area contributed by atoms with E-state index in [4.69, 9.17) is 0 Å². The fourth-order valence-electron chi connectivity index (χ4n) is 11.8. The van der Waals surface area contributed by atoms with Crippen molar-refractivity contribution >= 4 is 53.9 Å². The van der Waals surface area contributed by atoms with Crippen molar-refractivity contribution < 1.29 is 0 Å². The number of rotatable bonds is 3. The van der Waals surface area contributed by atoms with Gasteiger partial charge in [-0.25, -0.2) is 0 Å². The van der Waals surface area contributed by atoms with Crippen LogP contribution >= 0.6 is 0 Å². The Balaban J connectivity index is 1.14. The van der Waals surface area contributed by atoms with Gasteiger partial charge in [0.25, 0.3) is 0 Å². The van der Waals surface area contributed by atoms with E-state index in [1.807, 2.05) is 0 Å². The van der Waals surface area contributed by atoms with Gasteiger partial charge < -0.3 is 0 Å². The summed E-state index contributed by atoms with van der Waals surface area (Å²) in [7, 11) is 0. The highest BCUT2D eigenvalue weighted by Gasteiger charge is 2.58. The lowest BCUT2D eigenvalue weighted by Crippen LogP contribution is -2.50. The van der Waals surface area contributed by atoms with Crippen molar-refractivity contribution in [1.29, 1.82) is 0 Å². The van der Waals surface area contributed by atoms with Gasteiger partial charge in [-0.15, -0.1) is 0 Å². The Morgan fingerprint density at radius 3 is 1.32 bits per heavy atom. The molecule has 11 rings (SSSR count).